The number of thiazole rings is 1. The molecule has 2 aromatic carbocycles. The zero-order valence-electron chi connectivity index (χ0n) is 15.1. The van der Waals surface area contributed by atoms with Crippen LogP contribution in [0.1, 0.15) is 23.7 Å². The predicted octanol–water partition coefficient (Wildman–Crippen LogP) is 3.99. The largest absolute Gasteiger partial charge is 0.493 e. The lowest BCUT2D eigenvalue weighted by molar-refractivity contribution is 0.102. The van der Waals surface area contributed by atoms with Crippen molar-refractivity contribution in [3.05, 3.63) is 65.7 Å². The number of rotatable bonds is 8. The average molecular weight is 418 g/mol. The highest BCUT2D eigenvalue weighted by Crippen LogP contribution is 2.22. The maximum absolute atomic E-state index is 12.6. The first-order valence-electron chi connectivity index (χ1n) is 8.55. The van der Waals surface area contributed by atoms with Crippen molar-refractivity contribution in [1.82, 2.24) is 4.98 Å². The van der Waals surface area contributed by atoms with Crippen LogP contribution in [0.15, 0.2) is 65.0 Å². The van der Waals surface area contributed by atoms with Gasteiger partial charge in [-0.3, -0.25) is 9.52 Å². The third-order valence-corrected chi connectivity index (χ3v) is 5.84. The van der Waals surface area contributed by atoms with Gasteiger partial charge in [0.25, 0.3) is 15.9 Å². The number of para-hydroxylation sites is 1. The van der Waals surface area contributed by atoms with E-state index >= 15 is 0 Å². The summed E-state index contributed by atoms with van der Waals surface area (Å²) in [6, 6.07) is 12.9. The molecule has 0 unspecified atom stereocenters. The standard InChI is InChI=1S/C19H19N3O4S2/c1-2-12-26-17-6-4-3-5-16(17)18(23)21-14-7-9-15(10-8-14)28(24,25)22-19-20-11-13-27-19/h3-11,13H,2,12H2,1H3,(H,20,22)(H,21,23). The number of carbonyl (C=O) groups excluding carboxylic acids is 1. The van der Waals surface area contributed by atoms with Crippen LogP contribution in [0.2, 0.25) is 0 Å². The highest BCUT2D eigenvalue weighted by molar-refractivity contribution is 7.93. The number of amides is 1. The minimum absolute atomic E-state index is 0.0763. The number of sulfonamides is 1. The maximum atomic E-state index is 12.6. The second kappa shape index (κ2) is 8.85. The van der Waals surface area contributed by atoms with Crippen LogP contribution in [0, 0.1) is 0 Å². The molecule has 1 heterocycles. The summed E-state index contributed by atoms with van der Waals surface area (Å²) >= 11 is 1.19. The van der Waals surface area contributed by atoms with Crippen molar-refractivity contribution in [2.75, 3.05) is 16.6 Å². The topological polar surface area (TPSA) is 97.4 Å². The molecular formula is C19H19N3O4S2. The average Bonchev–Trinajstić information content (AvgIpc) is 3.19. The molecule has 1 aromatic heterocycles. The molecular weight excluding hydrogens is 398 g/mol. The van der Waals surface area contributed by atoms with Gasteiger partial charge in [0.05, 0.1) is 17.1 Å². The van der Waals surface area contributed by atoms with E-state index in [0.717, 1.165) is 6.42 Å². The van der Waals surface area contributed by atoms with Crippen molar-refractivity contribution in [3.8, 4) is 5.75 Å². The Hall–Kier alpha value is -2.91. The Bertz CT molecular complexity index is 1030. The second-order valence-electron chi connectivity index (χ2n) is 5.77. The quantitative estimate of drug-likeness (QED) is 0.578. The first-order chi connectivity index (χ1) is 13.5. The Morgan fingerprint density at radius 1 is 1.14 bits per heavy atom. The number of ether oxygens (including phenoxy) is 1. The minimum Gasteiger partial charge on any atom is -0.493 e. The number of hydrogen-bond donors (Lipinski definition) is 2. The Kier molecular flexibility index (Phi) is 6.27. The summed E-state index contributed by atoms with van der Waals surface area (Å²) in [6.07, 6.45) is 2.35. The number of nitrogens with zero attached hydrogens (tertiary/aromatic N) is 1. The van der Waals surface area contributed by atoms with Crippen LogP contribution in [0.4, 0.5) is 10.8 Å². The number of benzene rings is 2. The van der Waals surface area contributed by atoms with Gasteiger partial charge in [0.2, 0.25) is 0 Å². The third kappa shape index (κ3) is 4.87. The Morgan fingerprint density at radius 3 is 2.57 bits per heavy atom. The summed E-state index contributed by atoms with van der Waals surface area (Å²) in [4.78, 5) is 16.5. The summed E-state index contributed by atoms with van der Waals surface area (Å²) in [5.41, 5.74) is 0.890. The van der Waals surface area contributed by atoms with Crippen molar-refractivity contribution in [2.45, 2.75) is 18.2 Å². The van der Waals surface area contributed by atoms with E-state index in [4.69, 9.17) is 4.74 Å². The molecule has 146 valence electrons. The smallest absolute Gasteiger partial charge is 0.263 e. The molecule has 0 aliphatic carbocycles. The molecule has 0 aliphatic heterocycles. The van der Waals surface area contributed by atoms with E-state index in [1.807, 2.05) is 6.92 Å². The fourth-order valence-electron chi connectivity index (χ4n) is 2.36. The van der Waals surface area contributed by atoms with Gasteiger partial charge in [-0.25, -0.2) is 13.4 Å². The highest BCUT2D eigenvalue weighted by Gasteiger charge is 2.16. The van der Waals surface area contributed by atoms with Crippen LogP contribution in [0.3, 0.4) is 0 Å². The predicted molar refractivity (Wildman–Crippen MR) is 110 cm³/mol. The molecule has 0 atom stereocenters. The van der Waals surface area contributed by atoms with Gasteiger partial charge in [-0.15, -0.1) is 11.3 Å². The Morgan fingerprint density at radius 2 is 1.89 bits per heavy atom. The third-order valence-electron chi connectivity index (χ3n) is 3.67. The first-order valence-corrected chi connectivity index (χ1v) is 10.9. The summed E-state index contributed by atoms with van der Waals surface area (Å²) in [6.45, 7) is 2.50. The molecule has 0 fully saturated rings. The highest BCUT2D eigenvalue weighted by atomic mass is 32.2. The Balaban J connectivity index is 1.72. The van der Waals surface area contributed by atoms with Gasteiger partial charge < -0.3 is 10.1 Å². The molecule has 0 spiro atoms. The maximum Gasteiger partial charge on any atom is 0.263 e. The fourth-order valence-corrected chi connectivity index (χ4v) is 4.14. The van der Waals surface area contributed by atoms with Crippen LogP contribution < -0.4 is 14.8 Å². The van der Waals surface area contributed by atoms with Crippen LogP contribution in [0.5, 0.6) is 5.75 Å². The molecule has 0 aliphatic rings. The first kappa shape index (κ1) is 19.8. The monoisotopic (exact) mass is 417 g/mol. The summed E-state index contributed by atoms with van der Waals surface area (Å²) in [7, 11) is -3.73. The van der Waals surface area contributed by atoms with E-state index in [9.17, 15) is 13.2 Å². The van der Waals surface area contributed by atoms with E-state index in [0.29, 0.717) is 28.7 Å². The summed E-state index contributed by atoms with van der Waals surface area (Å²) in [5.74, 6) is 0.178. The zero-order valence-corrected chi connectivity index (χ0v) is 16.7. The molecule has 28 heavy (non-hydrogen) atoms. The number of anilines is 2. The van der Waals surface area contributed by atoms with Gasteiger partial charge in [-0.05, 0) is 42.8 Å². The minimum atomic E-state index is -3.73. The molecule has 9 heteroatoms. The van der Waals surface area contributed by atoms with Gasteiger partial charge in [0.1, 0.15) is 5.75 Å². The number of aromatic nitrogens is 1. The number of carbonyl (C=O) groups is 1. The van der Waals surface area contributed by atoms with Gasteiger partial charge in [-0.2, -0.15) is 0 Å². The molecule has 3 rings (SSSR count). The molecule has 3 aromatic rings. The van der Waals surface area contributed by atoms with Gasteiger partial charge in [0.15, 0.2) is 5.13 Å². The Labute approximate surface area is 167 Å². The van der Waals surface area contributed by atoms with Gasteiger partial charge in [-0.1, -0.05) is 19.1 Å². The van der Waals surface area contributed by atoms with E-state index < -0.39 is 10.0 Å². The SMILES string of the molecule is CCCOc1ccccc1C(=O)Nc1ccc(S(=O)(=O)Nc2nccs2)cc1. The van der Waals surface area contributed by atoms with Crippen molar-refractivity contribution in [1.29, 1.82) is 0 Å². The van der Waals surface area contributed by atoms with Crippen molar-refractivity contribution in [3.63, 3.8) is 0 Å². The fraction of sp³-hybridized carbons (Fsp3) is 0.158. The molecule has 1 amide bonds. The molecule has 0 saturated carbocycles. The van der Waals surface area contributed by atoms with Crippen LogP contribution >= 0.6 is 11.3 Å². The van der Waals surface area contributed by atoms with Crippen molar-refractivity contribution in [2.24, 2.45) is 0 Å². The molecule has 2 N–H and O–H groups in total. The normalized spacial score (nSPS) is 11.0. The summed E-state index contributed by atoms with van der Waals surface area (Å²) in [5, 5.41) is 4.73. The number of nitrogens with one attached hydrogen (secondary N) is 2. The number of hydrogen-bond acceptors (Lipinski definition) is 6. The van der Waals surface area contributed by atoms with E-state index in [1.165, 1.54) is 41.8 Å². The van der Waals surface area contributed by atoms with Crippen molar-refractivity contribution >= 4 is 38.1 Å². The summed E-state index contributed by atoms with van der Waals surface area (Å²) < 4.78 is 32.7. The lowest BCUT2D eigenvalue weighted by atomic mass is 10.2. The molecule has 0 bridgehead atoms. The van der Waals surface area contributed by atoms with Crippen LogP contribution in [-0.2, 0) is 10.0 Å². The van der Waals surface area contributed by atoms with Crippen molar-refractivity contribution < 1.29 is 17.9 Å². The molecule has 7 nitrogen and oxygen atoms in total. The van der Waals surface area contributed by atoms with Crippen LogP contribution in [0.25, 0.3) is 0 Å². The zero-order chi connectivity index (χ0) is 20.0. The molecule has 0 saturated heterocycles. The van der Waals surface area contributed by atoms with E-state index in [-0.39, 0.29) is 10.8 Å². The van der Waals surface area contributed by atoms with E-state index in [2.05, 4.69) is 15.0 Å². The molecule has 0 radical (unpaired) electrons. The van der Waals surface area contributed by atoms with Gasteiger partial charge in [0, 0.05) is 17.3 Å². The van der Waals surface area contributed by atoms with E-state index in [1.54, 1.807) is 29.6 Å². The van der Waals surface area contributed by atoms with Gasteiger partial charge >= 0.3 is 0 Å². The van der Waals surface area contributed by atoms with Crippen LogP contribution in [-0.4, -0.2) is 25.9 Å². The lowest BCUT2D eigenvalue weighted by Gasteiger charge is -2.11. The lowest BCUT2D eigenvalue weighted by Crippen LogP contribution is -2.15. The second-order valence-corrected chi connectivity index (χ2v) is 8.34.